The Bertz CT molecular complexity index is 898. The fourth-order valence-corrected chi connectivity index (χ4v) is 2.82. The molecule has 0 saturated carbocycles. The highest BCUT2D eigenvalue weighted by atomic mass is 19.4. The average Bonchev–Trinajstić information content (AvgIpc) is 2.69. The number of halogens is 3. The SMILES string of the molecule is CCC(CN(C)CC)Nc1nnc(-c2ccc(C(F)(F)F)cc2OC)n(C)c1=O. The monoisotopic (exact) mass is 413 g/mol. The quantitative estimate of drug-likeness (QED) is 0.717. The van der Waals surface area contributed by atoms with Gasteiger partial charge in [-0.3, -0.25) is 9.36 Å². The number of anilines is 1. The molecular formula is C19H26F3N5O2. The van der Waals surface area contributed by atoms with Crippen LogP contribution >= 0.6 is 0 Å². The van der Waals surface area contributed by atoms with Crippen molar-refractivity contribution in [2.45, 2.75) is 32.5 Å². The van der Waals surface area contributed by atoms with E-state index in [1.165, 1.54) is 24.8 Å². The molecule has 0 radical (unpaired) electrons. The molecular weight excluding hydrogens is 387 g/mol. The first-order valence-electron chi connectivity index (χ1n) is 9.26. The Morgan fingerprint density at radius 1 is 1.28 bits per heavy atom. The van der Waals surface area contributed by atoms with Crippen molar-refractivity contribution in [2.75, 3.05) is 32.6 Å². The van der Waals surface area contributed by atoms with Crippen LogP contribution in [0.4, 0.5) is 19.0 Å². The molecule has 0 spiro atoms. The molecule has 0 amide bonds. The van der Waals surface area contributed by atoms with Gasteiger partial charge >= 0.3 is 6.18 Å². The number of benzene rings is 1. The van der Waals surface area contributed by atoms with Gasteiger partial charge in [-0.25, -0.2) is 0 Å². The number of ether oxygens (including phenoxy) is 1. The summed E-state index contributed by atoms with van der Waals surface area (Å²) in [7, 11) is 4.73. The third kappa shape index (κ3) is 5.26. The lowest BCUT2D eigenvalue weighted by Crippen LogP contribution is -2.37. The predicted molar refractivity (Wildman–Crippen MR) is 105 cm³/mol. The molecule has 1 heterocycles. The van der Waals surface area contributed by atoms with Gasteiger partial charge in [0.2, 0.25) is 5.82 Å². The summed E-state index contributed by atoms with van der Waals surface area (Å²) >= 11 is 0. The third-order valence-electron chi connectivity index (χ3n) is 4.74. The summed E-state index contributed by atoms with van der Waals surface area (Å²) in [6.45, 7) is 5.64. The van der Waals surface area contributed by atoms with Crippen molar-refractivity contribution < 1.29 is 17.9 Å². The van der Waals surface area contributed by atoms with E-state index in [4.69, 9.17) is 4.74 Å². The maximum atomic E-state index is 13.0. The first kappa shape index (κ1) is 22.7. The number of nitrogens with zero attached hydrogens (tertiary/aromatic N) is 4. The zero-order valence-corrected chi connectivity index (χ0v) is 17.2. The smallest absolute Gasteiger partial charge is 0.416 e. The molecule has 0 aliphatic carbocycles. The van der Waals surface area contributed by atoms with Crippen LogP contribution in [0.2, 0.25) is 0 Å². The zero-order chi connectivity index (χ0) is 21.8. The van der Waals surface area contributed by atoms with Crippen LogP contribution in [0.1, 0.15) is 25.8 Å². The van der Waals surface area contributed by atoms with Gasteiger partial charge in [-0.1, -0.05) is 13.8 Å². The van der Waals surface area contributed by atoms with Crippen LogP contribution in [-0.2, 0) is 13.2 Å². The summed E-state index contributed by atoms with van der Waals surface area (Å²) in [6.07, 6.45) is -3.72. The van der Waals surface area contributed by atoms with Crippen molar-refractivity contribution in [3.05, 3.63) is 34.1 Å². The Hall–Kier alpha value is -2.62. The summed E-state index contributed by atoms with van der Waals surface area (Å²) in [5, 5.41) is 11.2. The molecule has 0 aliphatic rings. The number of rotatable bonds is 8. The second kappa shape index (κ2) is 9.25. The summed E-state index contributed by atoms with van der Waals surface area (Å²) in [6, 6.07) is 3.03. The van der Waals surface area contributed by atoms with Crippen molar-refractivity contribution in [3.8, 4) is 17.1 Å². The zero-order valence-electron chi connectivity index (χ0n) is 17.2. The lowest BCUT2D eigenvalue weighted by molar-refractivity contribution is -0.137. The minimum Gasteiger partial charge on any atom is -0.496 e. The maximum absolute atomic E-state index is 13.0. The average molecular weight is 413 g/mol. The normalized spacial score (nSPS) is 12.9. The van der Waals surface area contributed by atoms with E-state index in [0.717, 1.165) is 31.6 Å². The lowest BCUT2D eigenvalue weighted by Gasteiger charge is -2.23. The minimum absolute atomic E-state index is 0.00778. The minimum atomic E-state index is -4.50. The molecule has 2 aromatic rings. The van der Waals surface area contributed by atoms with Gasteiger partial charge in [0.1, 0.15) is 5.75 Å². The van der Waals surface area contributed by atoms with Crippen LogP contribution in [0.15, 0.2) is 23.0 Å². The molecule has 10 heteroatoms. The van der Waals surface area contributed by atoms with E-state index in [1.54, 1.807) is 0 Å². The van der Waals surface area contributed by atoms with E-state index >= 15 is 0 Å². The van der Waals surface area contributed by atoms with E-state index in [-0.39, 0.29) is 29.0 Å². The van der Waals surface area contributed by atoms with Crippen LogP contribution in [0.5, 0.6) is 5.75 Å². The van der Waals surface area contributed by atoms with Gasteiger partial charge < -0.3 is 15.0 Å². The van der Waals surface area contributed by atoms with Crippen molar-refractivity contribution in [3.63, 3.8) is 0 Å². The van der Waals surface area contributed by atoms with Gasteiger partial charge in [0.05, 0.1) is 18.2 Å². The maximum Gasteiger partial charge on any atom is 0.416 e. The van der Waals surface area contributed by atoms with E-state index in [0.29, 0.717) is 0 Å². The van der Waals surface area contributed by atoms with Crippen molar-refractivity contribution in [1.82, 2.24) is 19.7 Å². The second-order valence-electron chi connectivity index (χ2n) is 6.75. The van der Waals surface area contributed by atoms with Crippen molar-refractivity contribution >= 4 is 5.82 Å². The molecule has 7 nitrogen and oxygen atoms in total. The topological polar surface area (TPSA) is 72.3 Å². The van der Waals surface area contributed by atoms with Crippen molar-refractivity contribution in [1.29, 1.82) is 0 Å². The van der Waals surface area contributed by atoms with Crippen LogP contribution < -0.4 is 15.6 Å². The van der Waals surface area contributed by atoms with E-state index in [9.17, 15) is 18.0 Å². The molecule has 0 fully saturated rings. The standard InChI is InChI=1S/C19H26F3N5O2/c1-6-13(11-26(3)7-2)23-16-18(28)27(4)17(25-24-16)14-9-8-12(19(20,21)22)10-15(14)29-5/h8-10,13H,6-7,11H2,1-5H3,(H,23,24). The Balaban J connectivity index is 2.40. The Morgan fingerprint density at radius 2 is 1.97 bits per heavy atom. The summed E-state index contributed by atoms with van der Waals surface area (Å²) in [4.78, 5) is 14.9. The number of likely N-dealkylation sites (N-methyl/N-ethyl adjacent to an activating group) is 1. The van der Waals surface area contributed by atoms with E-state index in [2.05, 4.69) is 20.4 Å². The molecule has 1 atom stereocenters. The molecule has 0 bridgehead atoms. The third-order valence-corrected chi connectivity index (χ3v) is 4.74. The van der Waals surface area contributed by atoms with Gasteiger partial charge in [-0.15, -0.1) is 10.2 Å². The number of hydrogen-bond donors (Lipinski definition) is 1. The number of alkyl halides is 3. The van der Waals surface area contributed by atoms with Gasteiger partial charge in [-0.05, 0) is 38.2 Å². The Kier molecular flexibility index (Phi) is 7.23. The number of methoxy groups -OCH3 is 1. The molecule has 160 valence electrons. The highest BCUT2D eigenvalue weighted by Gasteiger charge is 2.31. The Labute approximate surface area is 167 Å². The van der Waals surface area contributed by atoms with Crippen LogP contribution in [0, 0.1) is 0 Å². The molecule has 0 aliphatic heterocycles. The molecule has 0 saturated heterocycles. The first-order chi connectivity index (χ1) is 13.6. The lowest BCUT2D eigenvalue weighted by atomic mass is 10.1. The molecule has 1 unspecified atom stereocenters. The number of hydrogen-bond acceptors (Lipinski definition) is 6. The largest absolute Gasteiger partial charge is 0.496 e. The van der Waals surface area contributed by atoms with Gasteiger partial charge in [0, 0.05) is 19.6 Å². The van der Waals surface area contributed by atoms with Crippen molar-refractivity contribution in [2.24, 2.45) is 7.05 Å². The van der Waals surface area contributed by atoms with Crippen LogP contribution in [-0.4, -0.2) is 53.0 Å². The van der Waals surface area contributed by atoms with Gasteiger partial charge in [-0.2, -0.15) is 13.2 Å². The molecule has 1 aromatic carbocycles. The highest BCUT2D eigenvalue weighted by Crippen LogP contribution is 2.36. The fourth-order valence-electron chi connectivity index (χ4n) is 2.82. The summed E-state index contributed by atoms with van der Waals surface area (Å²) in [5.41, 5.74) is -1.02. The molecule has 29 heavy (non-hydrogen) atoms. The molecule has 1 N–H and O–H groups in total. The summed E-state index contributed by atoms with van der Waals surface area (Å²) in [5.74, 6) is 0.171. The molecule has 2 rings (SSSR count). The Morgan fingerprint density at radius 3 is 2.52 bits per heavy atom. The molecule has 1 aromatic heterocycles. The highest BCUT2D eigenvalue weighted by molar-refractivity contribution is 5.65. The first-order valence-corrected chi connectivity index (χ1v) is 9.26. The van der Waals surface area contributed by atoms with E-state index in [1.807, 2.05) is 20.9 Å². The van der Waals surface area contributed by atoms with Crippen LogP contribution in [0.3, 0.4) is 0 Å². The predicted octanol–water partition coefficient (Wildman–Crippen LogP) is 3.01. The van der Waals surface area contributed by atoms with Gasteiger partial charge in [0.15, 0.2) is 5.82 Å². The van der Waals surface area contributed by atoms with Crippen LogP contribution in [0.25, 0.3) is 11.4 Å². The fraction of sp³-hybridized carbons (Fsp3) is 0.526. The van der Waals surface area contributed by atoms with E-state index < -0.39 is 17.3 Å². The van der Waals surface area contributed by atoms with Gasteiger partial charge in [0.25, 0.3) is 5.56 Å². The summed E-state index contributed by atoms with van der Waals surface area (Å²) < 4.78 is 45.2. The second-order valence-corrected chi connectivity index (χ2v) is 6.75. The number of nitrogens with one attached hydrogen (secondary N) is 1. The number of aromatic nitrogens is 3.